The van der Waals surface area contributed by atoms with E-state index in [1.54, 1.807) is 12.0 Å². The Balaban J connectivity index is 1.98. The van der Waals surface area contributed by atoms with Crippen LogP contribution >= 0.6 is 0 Å². The fourth-order valence-electron chi connectivity index (χ4n) is 2.46. The third-order valence-corrected chi connectivity index (χ3v) is 3.33. The predicted molar refractivity (Wildman–Crippen MR) is 57.9 cm³/mol. The minimum atomic E-state index is -0.131. The van der Waals surface area contributed by atoms with E-state index in [4.69, 9.17) is 4.74 Å². The topological polar surface area (TPSA) is 49.9 Å². The van der Waals surface area contributed by atoms with Crippen LogP contribution in [0.5, 0.6) is 0 Å². The molecular formula is C11H18N2O3. The largest absolute Gasteiger partial charge is 0.383 e. The first-order valence-corrected chi connectivity index (χ1v) is 5.84. The molecule has 1 aliphatic carbocycles. The molecule has 0 aromatic rings. The molecule has 0 N–H and O–H groups in total. The van der Waals surface area contributed by atoms with Crippen molar-refractivity contribution in [3.8, 4) is 0 Å². The molecule has 2 fully saturated rings. The highest BCUT2D eigenvalue weighted by Crippen LogP contribution is 2.26. The maximum absolute atomic E-state index is 12.0. The highest BCUT2D eigenvalue weighted by molar-refractivity contribution is 6.02. The number of hydrogen-bond acceptors (Lipinski definition) is 3. The first-order valence-electron chi connectivity index (χ1n) is 5.84. The lowest BCUT2D eigenvalue weighted by Gasteiger charge is -2.22. The molecular weight excluding hydrogens is 208 g/mol. The first kappa shape index (κ1) is 11.4. The fourth-order valence-corrected chi connectivity index (χ4v) is 2.46. The van der Waals surface area contributed by atoms with Crippen LogP contribution in [-0.2, 0) is 9.53 Å². The molecule has 90 valence electrons. The molecule has 1 saturated carbocycles. The number of ether oxygens (including phenoxy) is 1. The Morgan fingerprint density at radius 2 is 2.00 bits per heavy atom. The number of amides is 3. The molecule has 0 unspecified atom stereocenters. The van der Waals surface area contributed by atoms with E-state index in [1.165, 1.54) is 4.90 Å². The standard InChI is InChI=1S/C11H18N2O3/c1-16-7-6-12-8-10(14)13(11(12)15)9-4-2-3-5-9/h9H,2-8H2,1H3. The van der Waals surface area contributed by atoms with E-state index in [0.29, 0.717) is 13.2 Å². The average molecular weight is 226 g/mol. The second-order valence-electron chi connectivity index (χ2n) is 4.40. The van der Waals surface area contributed by atoms with E-state index >= 15 is 0 Å². The van der Waals surface area contributed by atoms with Crippen LogP contribution < -0.4 is 0 Å². The monoisotopic (exact) mass is 226 g/mol. The maximum atomic E-state index is 12.0. The molecule has 5 heteroatoms. The van der Waals surface area contributed by atoms with Crippen LogP contribution in [0.15, 0.2) is 0 Å². The van der Waals surface area contributed by atoms with Crippen molar-refractivity contribution < 1.29 is 14.3 Å². The van der Waals surface area contributed by atoms with Crippen molar-refractivity contribution >= 4 is 11.9 Å². The summed E-state index contributed by atoms with van der Waals surface area (Å²) in [4.78, 5) is 26.8. The Bertz CT molecular complexity index is 287. The molecule has 0 radical (unpaired) electrons. The van der Waals surface area contributed by atoms with Gasteiger partial charge in [0.05, 0.1) is 6.61 Å². The Kier molecular flexibility index (Phi) is 3.43. The van der Waals surface area contributed by atoms with Crippen molar-refractivity contribution in [2.75, 3.05) is 26.8 Å². The van der Waals surface area contributed by atoms with Crippen LogP contribution in [0.25, 0.3) is 0 Å². The number of methoxy groups -OCH3 is 1. The Labute approximate surface area is 95.3 Å². The molecule has 0 atom stereocenters. The number of urea groups is 1. The number of nitrogens with zero attached hydrogens (tertiary/aromatic N) is 2. The Morgan fingerprint density at radius 1 is 1.31 bits per heavy atom. The summed E-state index contributed by atoms with van der Waals surface area (Å²) in [6.45, 7) is 1.21. The average Bonchev–Trinajstić information content (AvgIpc) is 2.85. The van der Waals surface area contributed by atoms with Gasteiger partial charge in [0.25, 0.3) is 5.91 Å². The summed E-state index contributed by atoms with van der Waals surface area (Å²) in [6.07, 6.45) is 4.19. The smallest absolute Gasteiger partial charge is 0.327 e. The summed E-state index contributed by atoms with van der Waals surface area (Å²) in [7, 11) is 1.59. The molecule has 1 heterocycles. The molecule has 3 amide bonds. The van der Waals surface area contributed by atoms with Gasteiger partial charge in [-0.1, -0.05) is 12.8 Å². The van der Waals surface area contributed by atoms with E-state index in [-0.39, 0.29) is 24.5 Å². The lowest BCUT2D eigenvalue weighted by atomic mass is 10.2. The molecule has 0 spiro atoms. The van der Waals surface area contributed by atoms with Crippen molar-refractivity contribution in [1.29, 1.82) is 0 Å². The van der Waals surface area contributed by atoms with Crippen LogP contribution in [0.4, 0.5) is 4.79 Å². The summed E-state index contributed by atoms with van der Waals surface area (Å²) in [5.41, 5.74) is 0. The second-order valence-corrected chi connectivity index (χ2v) is 4.40. The van der Waals surface area contributed by atoms with Gasteiger partial charge in [0.1, 0.15) is 6.54 Å². The summed E-state index contributed by atoms with van der Waals surface area (Å²) in [6, 6.07) is 0.0153. The molecule has 0 aromatic heterocycles. The highest BCUT2D eigenvalue weighted by Gasteiger charge is 2.40. The van der Waals surface area contributed by atoms with E-state index in [0.717, 1.165) is 25.7 Å². The van der Waals surface area contributed by atoms with E-state index in [9.17, 15) is 9.59 Å². The fraction of sp³-hybridized carbons (Fsp3) is 0.818. The zero-order chi connectivity index (χ0) is 11.5. The summed E-state index contributed by atoms with van der Waals surface area (Å²) in [5.74, 6) is -0.0481. The molecule has 0 bridgehead atoms. The van der Waals surface area contributed by atoms with Gasteiger partial charge in [-0.05, 0) is 12.8 Å². The predicted octanol–water partition coefficient (Wildman–Crippen LogP) is 0.840. The van der Waals surface area contributed by atoms with Crippen LogP contribution in [0.2, 0.25) is 0 Å². The van der Waals surface area contributed by atoms with Crippen LogP contribution in [0.3, 0.4) is 0 Å². The SMILES string of the molecule is COCCN1CC(=O)N(C2CCCC2)C1=O. The molecule has 5 nitrogen and oxygen atoms in total. The Hall–Kier alpha value is -1.10. The van der Waals surface area contributed by atoms with E-state index < -0.39 is 0 Å². The van der Waals surface area contributed by atoms with Gasteiger partial charge in [0.2, 0.25) is 0 Å². The summed E-state index contributed by atoms with van der Waals surface area (Å²) in [5, 5.41) is 0. The van der Waals surface area contributed by atoms with E-state index in [2.05, 4.69) is 0 Å². The van der Waals surface area contributed by atoms with Crippen LogP contribution in [-0.4, -0.2) is 54.6 Å². The number of rotatable bonds is 4. The van der Waals surface area contributed by atoms with Crippen molar-refractivity contribution in [2.24, 2.45) is 0 Å². The number of carbonyl (C=O) groups is 2. The number of carbonyl (C=O) groups excluding carboxylic acids is 2. The van der Waals surface area contributed by atoms with E-state index in [1.807, 2.05) is 0 Å². The normalized spacial score (nSPS) is 22.6. The van der Waals surface area contributed by atoms with Crippen molar-refractivity contribution in [1.82, 2.24) is 9.80 Å². The van der Waals surface area contributed by atoms with Gasteiger partial charge in [-0.25, -0.2) is 4.79 Å². The Morgan fingerprint density at radius 3 is 2.62 bits per heavy atom. The first-order chi connectivity index (χ1) is 7.74. The lowest BCUT2D eigenvalue weighted by molar-refractivity contribution is -0.126. The zero-order valence-corrected chi connectivity index (χ0v) is 9.65. The maximum Gasteiger partial charge on any atom is 0.327 e. The third-order valence-electron chi connectivity index (χ3n) is 3.33. The van der Waals surface area contributed by atoms with Gasteiger partial charge in [0.15, 0.2) is 0 Å². The molecule has 16 heavy (non-hydrogen) atoms. The molecule has 1 saturated heterocycles. The van der Waals surface area contributed by atoms with Crippen molar-refractivity contribution in [3.05, 3.63) is 0 Å². The quantitative estimate of drug-likeness (QED) is 0.667. The molecule has 1 aliphatic heterocycles. The second kappa shape index (κ2) is 4.82. The van der Waals surface area contributed by atoms with Gasteiger partial charge < -0.3 is 9.64 Å². The van der Waals surface area contributed by atoms with Gasteiger partial charge in [-0.3, -0.25) is 9.69 Å². The summed E-state index contributed by atoms with van der Waals surface area (Å²) < 4.78 is 4.92. The van der Waals surface area contributed by atoms with Gasteiger partial charge in [-0.15, -0.1) is 0 Å². The molecule has 2 aliphatic rings. The lowest BCUT2D eigenvalue weighted by Crippen LogP contribution is -2.40. The van der Waals surface area contributed by atoms with Crippen molar-refractivity contribution in [2.45, 2.75) is 31.7 Å². The van der Waals surface area contributed by atoms with Gasteiger partial charge in [-0.2, -0.15) is 0 Å². The minimum absolute atomic E-state index is 0.0481. The molecule has 2 rings (SSSR count). The van der Waals surface area contributed by atoms with Gasteiger partial charge in [0, 0.05) is 19.7 Å². The van der Waals surface area contributed by atoms with Gasteiger partial charge >= 0.3 is 6.03 Å². The minimum Gasteiger partial charge on any atom is -0.383 e. The van der Waals surface area contributed by atoms with Crippen LogP contribution in [0.1, 0.15) is 25.7 Å². The third kappa shape index (κ3) is 2.04. The van der Waals surface area contributed by atoms with Crippen LogP contribution in [0, 0.1) is 0 Å². The number of imide groups is 1. The zero-order valence-electron chi connectivity index (χ0n) is 9.65. The highest BCUT2D eigenvalue weighted by atomic mass is 16.5. The molecule has 0 aromatic carbocycles. The van der Waals surface area contributed by atoms with Crippen molar-refractivity contribution in [3.63, 3.8) is 0 Å². The summed E-state index contributed by atoms with van der Waals surface area (Å²) >= 11 is 0. The number of hydrogen-bond donors (Lipinski definition) is 0.